The second-order valence-corrected chi connectivity index (χ2v) is 8.72. The number of aromatic amines is 1. The number of ether oxygens (including phenoxy) is 1. The highest BCUT2D eigenvalue weighted by Crippen LogP contribution is 2.28. The van der Waals surface area contributed by atoms with Crippen LogP contribution in [-0.2, 0) is 11.2 Å². The minimum absolute atomic E-state index is 0.119. The first-order chi connectivity index (χ1) is 14.5. The van der Waals surface area contributed by atoms with Crippen molar-refractivity contribution in [1.29, 1.82) is 0 Å². The Morgan fingerprint density at radius 2 is 2.03 bits per heavy atom. The first-order valence-electron chi connectivity index (χ1n) is 11.0. The minimum Gasteiger partial charge on any atom is -0.375 e. The molecular formula is C23H31FN4O2. The molecule has 2 aromatic rings. The van der Waals surface area contributed by atoms with Gasteiger partial charge in [-0.15, -0.1) is 0 Å². The summed E-state index contributed by atoms with van der Waals surface area (Å²) in [5, 5.41) is 0. The third-order valence-electron chi connectivity index (χ3n) is 6.15. The second-order valence-electron chi connectivity index (χ2n) is 8.72. The molecule has 2 aliphatic rings. The largest absolute Gasteiger partial charge is 0.375 e. The summed E-state index contributed by atoms with van der Waals surface area (Å²) >= 11 is 0. The lowest BCUT2D eigenvalue weighted by atomic mass is 9.94. The van der Waals surface area contributed by atoms with Gasteiger partial charge in [-0.25, -0.2) is 4.39 Å². The van der Waals surface area contributed by atoms with Crippen LogP contribution in [0.2, 0.25) is 0 Å². The monoisotopic (exact) mass is 414 g/mol. The first-order valence-corrected chi connectivity index (χ1v) is 11.0. The third kappa shape index (κ3) is 5.01. The number of morpholine rings is 1. The fourth-order valence-corrected chi connectivity index (χ4v) is 4.62. The van der Waals surface area contributed by atoms with E-state index >= 15 is 0 Å². The molecule has 0 amide bonds. The average molecular weight is 415 g/mol. The highest BCUT2D eigenvalue weighted by atomic mass is 19.1. The van der Waals surface area contributed by atoms with E-state index < -0.39 is 0 Å². The fraction of sp³-hybridized carbons (Fsp3) is 0.565. The molecule has 7 heteroatoms. The van der Waals surface area contributed by atoms with Gasteiger partial charge in [0.25, 0.3) is 5.56 Å². The van der Waals surface area contributed by atoms with Gasteiger partial charge in [0.2, 0.25) is 5.95 Å². The standard InChI is InChI=1S/C23H31FN4O2/c1-16-4-3-9-28(20(12-16)13-18-5-7-19(24)8-6-18)23-25-21(14-22(29)26-23)27-10-11-30-17(2)15-27/h5-8,14,16-17,20H,3-4,9-13,15H2,1-2H3,(H,25,26,29)/t16-,17-,20+/m1/s1. The van der Waals surface area contributed by atoms with Crippen LogP contribution in [0.1, 0.15) is 38.7 Å². The fourth-order valence-electron chi connectivity index (χ4n) is 4.62. The molecule has 0 aliphatic carbocycles. The van der Waals surface area contributed by atoms with Crippen LogP contribution in [0.15, 0.2) is 35.1 Å². The molecule has 30 heavy (non-hydrogen) atoms. The van der Waals surface area contributed by atoms with E-state index in [-0.39, 0.29) is 23.5 Å². The molecule has 0 unspecified atom stereocenters. The Kier molecular flexibility index (Phi) is 6.37. The molecule has 0 bridgehead atoms. The SMILES string of the molecule is C[C@@H]1CCCN(c2nc(N3CCO[C@H](C)C3)cc(=O)[nH]2)[C@H](Cc2ccc(F)cc2)C1. The van der Waals surface area contributed by atoms with E-state index in [4.69, 9.17) is 9.72 Å². The second kappa shape index (κ2) is 9.16. The Bertz CT molecular complexity index is 901. The van der Waals surface area contributed by atoms with Crippen molar-refractivity contribution in [2.75, 3.05) is 36.0 Å². The van der Waals surface area contributed by atoms with Crippen molar-refractivity contribution in [3.63, 3.8) is 0 Å². The number of hydrogen-bond acceptors (Lipinski definition) is 5. The van der Waals surface area contributed by atoms with Gasteiger partial charge in [-0.2, -0.15) is 4.98 Å². The maximum Gasteiger partial charge on any atom is 0.254 e. The van der Waals surface area contributed by atoms with Crippen molar-refractivity contribution < 1.29 is 9.13 Å². The summed E-state index contributed by atoms with van der Waals surface area (Å²) in [6, 6.07) is 8.52. The zero-order valence-corrected chi connectivity index (χ0v) is 17.8. The van der Waals surface area contributed by atoms with Crippen LogP contribution in [0, 0.1) is 11.7 Å². The molecule has 1 aromatic carbocycles. The number of rotatable bonds is 4. The van der Waals surface area contributed by atoms with E-state index in [0.29, 0.717) is 24.3 Å². The Hall–Kier alpha value is -2.41. The number of nitrogens with zero attached hydrogens (tertiary/aromatic N) is 3. The van der Waals surface area contributed by atoms with Crippen LogP contribution in [0.5, 0.6) is 0 Å². The molecule has 0 saturated carbocycles. The molecule has 2 fully saturated rings. The molecular weight excluding hydrogens is 383 g/mol. The van der Waals surface area contributed by atoms with Crippen LogP contribution >= 0.6 is 0 Å². The van der Waals surface area contributed by atoms with E-state index in [1.54, 1.807) is 6.07 Å². The molecule has 162 valence electrons. The van der Waals surface area contributed by atoms with Crippen molar-refractivity contribution in [1.82, 2.24) is 9.97 Å². The van der Waals surface area contributed by atoms with Gasteiger partial charge in [-0.1, -0.05) is 19.1 Å². The summed E-state index contributed by atoms with van der Waals surface area (Å²) in [6.45, 7) is 7.27. The van der Waals surface area contributed by atoms with E-state index in [0.717, 1.165) is 50.9 Å². The van der Waals surface area contributed by atoms with E-state index in [9.17, 15) is 9.18 Å². The predicted molar refractivity (Wildman–Crippen MR) is 117 cm³/mol. The van der Waals surface area contributed by atoms with Gasteiger partial charge in [0.15, 0.2) is 0 Å². The molecule has 1 N–H and O–H groups in total. The van der Waals surface area contributed by atoms with Crippen molar-refractivity contribution in [3.05, 3.63) is 52.1 Å². The van der Waals surface area contributed by atoms with Gasteiger partial charge >= 0.3 is 0 Å². The topological polar surface area (TPSA) is 61.5 Å². The number of nitrogens with one attached hydrogen (secondary N) is 1. The maximum atomic E-state index is 13.4. The van der Waals surface area contributed by atoms with Crippen LogP contribution in [0.25, 0.3) is 0 Å². The van der Waals surface area contributed by atoms with Crippen LogP contribution < -0.4 is 15.4 Å². The Balaban J connectivity index is 1.63. The number of halogens is 1. The molecule has 4 rings (SSSR count). The number of aromatic nitrogens is 2. The van der Waals surface area contributed by atoms with Crippen molar-refractivity contribution in [3.8, 4) is 0 Å². The zero-order chi connectivity index (χ0) is 21.1. The maximum absolute atomic E-state index is 13.4. The van der Waals surface area contributed by atoms with Gasteiger partial charge in [-0.3, -0.25) is 9.78 Å². The summed E-state index contributed by atoms with van der Waals surface area (Å²) in [5.74, 6) is 1.72. The summed E-state index contributed by atoms with van der Waals surface area (Å²) in [4.78, 5) is 24.7. The molecule has 3 atom stereocenters. The lowest BCUT2D eigenvalue weighted by Gasteiger charge is -2.34. The van der Waals surface area contributed by atoms with Gasteiger partial charge in [0.1, 0.15) is 11.6 Å². The average Bonchev–Trinajstić information content (AvgIpc) is 2.90. The quantitative estimate of drug-likeness (QED) is 0.831. The van der Waals surface area contributed by atoms with Crippen molar-refractivity contribution in [2.45, 2.75) is 51.7 Å². The van der Waals surface area contributed by atoms with Gasteiger partial charge in [0, 0.05) is 31.7 Å². The van der Waals surface area contributed by atoms with Gasteiger partial charge in [0.05, 0.1) is 12.7 Å². The highest BCUT2D eigenvalue weighted by molar-refractivity contribution is 5.45. The molecule has 6 nitrogen and oxygen atoms in total. The van der Waals surface area contributed by atoms with Crippen LogP contribution in [-0.4, -0.2) is 48.4 Å². The van der Waals surface area contributed by atoms with Crippen LogP contribution in [0.3, 0.4) is 0 Å². The summed E-state index contributed by atoms with van der Waals surface area (Å²) < 4.78 is 19.0. The molecule has 2 aliphatic heterocycles. The van der Waals surface area contributed by atoms with Gasteiger partial charge < -0.3 is 14.5 Å². The van der Waals surface area contributed by atoms with E-state index in [1.165, 1.54) is 12.1 Å². The highest BCUT2D eigenvalue weighted by Gasteiger charge is 2.27. The lowest BCUT2D eigenvalue weighted by molar-refractivity contribution is 0.0529. The van der Waals surface area contributed by atoms with Crippen molar-refractivity contribution in [2.24, 2.45) is 5.92 Å². The van der Waals surface area contributed by atoms with E-state index in [1.807, 2.05) is 19.1 Å². The third-order valence-corrected chi connectivity index (χ3v) is 6.15. The molecule has 0 spiro atoms. The van der Waals surface area contributed by atoms with E-state index in [2.05, 4.69) is 21.7 Å². The first kappa shape index (κ1) is 20.8. The smallest absolute Gasteiger partial charge is 0.254 e. The molecule has 1 aromatic heterocycles. The molecule has 2 saturated heterocycles. The zero-order valence-electron chi connectivity index (χ0n) is 17.8. The summed E-state index contributed by atoms with van der Waals surface area (Å²) in [6.07, 6.45) is 4.14. The number of benzene rings is 1. The lowest BCUT2D eigenvalue weighted by Crippen LogP contribution is -2.43. The molecule has 0 radical (unpaired) electrons. The summed E-state index contributed by atoms with van der Waals surface area (Å²) in [7, 11) is 0. The Morgan fingerprint density at radius 1 is 1.23 bits per heavy atom. The van der Waals surface area contributed by atoms with Crippen molar-refractivity contribution >= 4 is 11.8 Å². The minimum atomic E-state index is -0.219. The van der Waals surface area contributed by atoms with Gasteiger partial charge in [-0.05, 0) is 56.2 Å². The van der Waals surface area contributed by atoms with Crippen LogP contribution in [0.4, 0.5) is 16.2 Å². The number of H-pyrrole nitrogens is 1. The predicted octanol–water partition coefficient (Wildman–Crippen LogP) is 3.37. The number of hydrogen-bond donors (Lipinski definition) is 1. The normalized spacial score (nSPS) is 25.2. The molecule has 3 heterocycles. The Morgan fingerprint density at radius 3 is 2.80 bits per heavy atom. The Labute approximate surface area is 177 Å². The summed E-state index contributed by atoms with van der Waals surface area (Å²) in [5.41, 5.74) is 0.966. The number of anilines is 2.